The molecule has 17 heteroatoms. The van der Waals surface area contributed by atoms with Gasteiger partial charge >= 0.3 is 12.1 Å². The smallest absolute Gasteiger partial charge is 0.417 e. The molecule has 8 N–H and O–H groups in total. The van der Waals surface area contributed by atoms with Crippen LogP contribution in [0, 0.1) is 17.8 Å². The Morgan fingerprint density at radius 1 is 0.895 bits per heavy atom. The van der Waals surface area contributed by atoms with Gasteiger partial charge in [0, 0.05) is 5.92 Å². The van der Waals surface area contributed by atoms with Gasteiger partial charge < -0.3 is 46.7 Å². The van der Waals surface area contributed by atoms with Crippen molar-refractivity contribution in [1.82, 2.24) is 26.2 Å². The van der Waals surface area contributed by atoms with Gasteiger partial charge in [-0.25, -0.2) is 14.5 Å². The largest absolute Gasteiger partial charge is 0.467 e. The number of amides is 6. The topological polar surface area (TPSA) is 256 Å². The standard InChI is InChI=1S/C40H64N6O11/c1-22(2)30(36(53)56-10)44-37(54)40(23(3)4,45-33(50)27-18-14-15-19-27)31(48)29(20-26-16-12-11-13-17-26)43-32(49)25(6)46(38(55)57-39(7,8)9)35(52)24(5)42-34(51)28(41)21-47/h11-13,16-17,22-25,27-31,47-48H,14-15,18-21,41H2,1-10H3,(H,42,51)(H,43,49)(H,44,54)(H,45,50)/t24-,25-,28-,29?,30?,31?,40-/m0/s1. The fourth-order valence-electron chi connectivity index (χ4n) is 6.66. The molecule has 1 aliphatic carbocycles. The van der Waals surface area contributed by atoms with Crippen molar-refractivity contribution in [2.24, 2.45) is 23.5 Å². The van der Waals surface area contributed by atoms with Crippen molar-refractivity contribution in [2.45, 2.75) is 142 Å². The van der Waals surface area contributed by atoms with Gasteiger partial charge in [-0.15, -0.1) is 0 Å². The summed E-state index contributed by atoms with van der Waals surface area (Å²) < 4.78 is 10.4. The number of hydrogen-bond donors (Lipinski definition) is 7. The number of nitrogens with zero attached hydrogens (tertiary/aromatic N) is 1. The van der Waals surface area contributed by atoms with Gasteiger partial charge in [-0.1, -0.05) is 70.9 Å². The number of ether oxygens (including phenoxy) is 2. The summed E-state index contributed by atoms with van der Waals surface area (Å²) in [6.07, 6.45) is -0.470. The molecule has 6 amide bonds. The Balaban J connectivity index is 2.73. The molecule has 0 spiro atoms. The second-order valence-corrected chi connectivity index (χ2v) is 16.3. The van der Waals surface area contributed by atoms with Crippen molar-refractivity contribution < 1.29 is 53.2 Å². The van der Waals surface area contributed by atoms with Crippen LogP contribution in [0.2, 0.25) is 0 Å². The number of carbonyl (C=O) groups is 7. The van der Waals surface area contributed by atoms with E-state index in [1.165, 1.54) is 21.0 Å². The highest BCUT2D eigenvalue weighted by Gasteiger charge is 2.54. The molecule has 0 bridgehead atoms. The molecule has 1 aromatic rings. The number of rotatable bonds is 18. The van der Waals surface area contributed by atoms with Crippen LogP contribution in [0.3, 0.4) is 0 Å². The van der Waals surface area contributed by atoms with Crippen LogP contribution in [-0.2, 0) is 44.7 Å². The third kappa shape index (κ3) is 12.9. The number of hydrogen-bond acceptors (Lipinski definition) is 12. The highest BCUT2D eigenvalue weighted by atomic mass is 16.6. The first-order valence-corrected chi connectivity index (χ1v) is 19.5. The second-order valence-electron chi connectivity index (χ2n) is 16.3. The molecule has 1 aliphatic rings. The van der Waals surface area contributed by atoms with Gasteiger partial charge in [0.25, 0.3) is 5.91 Å². The van der Waals surface area contributed by atoms with E-state index in [-0.39, 0.29) is 6.42 Å². The fourth-order valence-corrected chi connectivity index (χ4v) is 6.66. The number of imide groups is 1. The number of methoxy groups -OCH3 is 1. The van der Waals surface area contributed by atoms with Gasteiger partial charge in [0.05, 0.1) is 19.8 Å². The van der Waals surface area contributed by atoms with Crippen molar-refractivity contribution in [1.29, 1.82) is 0 Å². The summed E-state index contributed by atoms with van der Waals surface area (Å²) >= 11 is 0. The number of aliphatic hydroxyl groups is 2. The first-order valence-electron chi connectivity index (χ1n) is 19.5. The highest BCUT2D eigenvalue weighted by Crippen LogP contribution is 2.31. The molecule has 0 aromatic heterocycles. The third-order valence-electron chi connectivity index (χ3n) is 10.1. The summed E-state index contributed by atoms with van der Waals surface area (Å²) in [6.45, 7) is 13.1. The Hall–Kier alpha value is -4.61. The lowest BCUT2D eigenvalue weighted by molar-refractivity contribution is -0.152. The maximum absolute atomic E-state index is 14.7. The number of aliphatic hydroxyl groups excluding tert-OH is 2. The summed E-state index contributed by atoms with van der Waals surface area (Å²) in [6, 6.07) is 1.73. The maximum Gasteiger partial charge on any atom is 0.417 e. The zero-order valence-corrected chi connectivity index (χ0v) is 34.9. The lowest BCUT2D eigenvalue weighted by Crippen LogP contribution is -2.74. The molecular formula is C40H64N6O11. The maximum atomic E-state index is 14.7. The molecule has 2 rings (SSSR count). The molecule has 3 unspecified atom stereocenters. The third-order valence-corrected chi connectivity index (χ3v) is 10.1. The summed E-state index contributed by atoms with van der Waals surface area (Å²) in [5.74, 6) is -6.77. The zero-order chi connectivity index (χ0) is 43.4. The molecule has 0 radical (unpaired) electrons. The molecule has 57 heavy (non-hydrogen) atoms. The van der Waals surface area contributed by atoms with E-state index in [1.54, 1.807) is 78.8 Å². The average Bonchev–Trinajstić information content (AvgIpc) is 3.69. The predicted octanol–water partition coefficient (Wildman–Crippen LogP) is 1.07. The number of nitrogens with one attached hydrogen (secondary N) is 4. The molecular weight excluding hydrogens is 740 g/mol. The van der Waals surface area contributed by atoms with E-state index < -0.39 is 113 Å². The first-order chi connectivity index (χ1) is 26.5. The van der Waals surface area contributed by atoms with Crippen LogP contribution < -0.4 is 27.0 Å². The van der Waals surface area contributed by atoms with Gasteiger partial charge in [0.15, 0.2) is 0 Å². The normalized spacial score (nSPS) is 17.5. The molecule has 0 saturated heterocycles. The van der Waals surface area contributed by atoms with Gasteiger partial charge in [0.1, 0.15) is 41.4 Å². The molecule has 0 aliphatic heterocycles. The summed E-state index contributed by atoms with van der Waals surface area (Å²) in [5.41, 5.74) is 2.94. The number of benzene rings is 1. The van der Waals surface area contributed by atoms with Crippen LogP contribution in [0.4, 0.5) is 4.79 Å². The lowest BCUT2D eigenvalue weighted by Gasteiger charge is -2.45. The Morgan fingerprint density at radius 2 is 1.47 bits per heavy atom. The average molecular weight is 805 g/mol. The van der Waals surface area contributed by atoms with Crippen LogP contribution in [-0.4, -0.2) is 118 Å². The van der Waals surface area contributed by atoms with Crippen LogP contribution in [0.1, 0.15) is 93.6 Å². The van der Waals surface area contributed by atoms with E-state index in [9.17, 15) is 43.8 Å². The summed E-state index contributed by atoms with van der Waals surface area (Å²) in [7, 11) is 1.17. The van der Waals surface area contributed by atoms with Crippen molar-refractivity contribution in [3.63, 3.8) is 0 Å². The summed E-state index contributed by atoms with van der Waals surface area (Å²) in [5, 5.41) is 32.5. The quantitative estimate of drug-likeness (QED) is 0.103. The second kappa shape index (κ2) is 21.2. The molecule has 1 saturated carbocycles. The molecule has 0 heterocycles. The predicted molar refractivity (Wildman–Crippen MR) is 210 cm³/mol. The van der Waals surface area contributed by atoms with Gasteiger partial charge in [-0.05, 0) is 71.3 Å². The molecule has 1 aromatic carbocycles. The van der Waals surface area contributed by atoms with Crippen molar-refractivity contribution in [2.75, 3.05) is 13.7 Å². The Kier molecular flexibility index (Phi) is 18.1. The van der Waals surface area contributed by atoms with Gasteiger partial charge in [-0.2, -0.15) is 0 Å². The Labute approximate surface area is 335 Å². The monoisotopic (exact) mass is 804 g/mol. The summed E-state index contributed by atoms with van der Waals surface area (Å²) in [4.78, 5) is 96.2. The van der Waals surface area contributed by atoms with Crippen LogP contribution in [0.5, 0.6) is 0 Å². The van der Waals surface area contributed by atoms with Crippen molar-refractivity contribution in [3.05, 3.63) is 35.9 Å². The fraction of sp³-hybridized carbons (Fsp3) is 0.675. The van der Waals surface area contributed by atoms with E-state index in [0.29, 0.717) is 23.3 Å². The van der Waals surface area contributed by atoms with Crippen LogP contribution in [0.15, 0.2) is 30.3 Å². The number of nitrogens with two attached hydrogens (primary N) is 1. The molecule has 320 valence electrons. The molecule has 1 fully saturated rings. The van der Waals surface area contributed by atoms with Crippen molar-refractivity contribution >= 4 is 41.6 Å². The van der Waals surface area contributed by atoms with Crippen LogP contribution in [0.25, 0.3) is 0 Å². The minimum absolute atomic E-state index is 0.0992. The zero-order valence-electron chi connectivity index (χ0n) is 34.9. The van der Waals surface area contributed by atoms with Gasteiger partial charge in [-0.3, -0.25) is 24.0 Å². The van der Waals surface area contributed by atoms with E-state index >= 15 is 0 Å². The minimum Gasteiger partial charge on any atom is -0.467 e. The van der Waals surface area contributed by atoms with Crippen molar-refractivity contribution in [3.8, 4) is 0 Å². The highest BCUT2D eigenvalue weighted by molar-refractivity contribution is 6.01. The van der Waals surface area contributed by atoms with Crippen LogP contribution >= 0.6 is 0 Å². The van der Waals surface area contributed by atoms with E-state index in [2.05, 4.69) is 21.3 Å². The first kappa shape index (κ1) is 48.5. The van der Waals surface area contributed by atoms with E-state index in [4.69, 9.17) is 15.2 Å². The Bertz CT molecular complexity index is 1560. The molecule has 17 nitrogen and oxygen atoms in total. The van der Waals surface area contributed by atoms with Gasteiger partial charge in [0.2, 0.25) is 23.6 Å². The number of esters is 1. The van der Waals surface area contributed by atoms with E-state index in [1.807, 2.05) is 0 Å². The van der Waals surface area contributed by atoms with E-state index in [0.717, 1.165) is 12.8 Å². The Morgan fingerprint density at radius 3 is 1.96 bits per heavy atom. The SMILES string of the molecule is COC(=O)C(NC(=O)[C@](NC(=O)C1CCCC1)(C(C)C)C(O)C(Cc1ccccc1)NC(=O)[C@H](C)N(C(=O)OC(C)(C)C)C(=O)[C@H](C)NC(=O)[C@@H](N)CO)C(C)C. The lowest BCUT2D eigenvalue weighted by atomic mass is 9.75. The number of carbonyl (C=O) groups excluding carboxylic acids is 7. The molecule has 7 atom stereocenters. The minimum atomic E-state index is -2.15.